The molecule has 4 N–H and O–H groups in total. The maximum atomic E-state index is 13.5. The number of pyridine rings is 1. The van der Waals surface area contributed by atoms with Crippen LogP contribution in [-0.2, 0) is 11.3 Å². The zero-order valence-corrected chi connectivity index (χ0v) is 24.1. The third kappa shape index (κ3) is 6.14. The number of aliphatic hydroxyl groups excluding tert-OH is 1. The highest BCUT2D eigenvalue weighted by Crippen LogP contribution is 2.32. The predicted octanol–water partition coefficient (Wildman–Crippen LogP) is 3.66. The van der Waals surface area contributed by atoms with Crippen LogP contribution < -0.4 is 16.0 Å². The molecule has 0 aliphatic carbocycles. The van der Waals surface area contributed by atoms with Gasteiger partial charge in [-0.1, -0.05) is 29.8 Å². The number of anilines is 3. The van der Waals surface area contributed by atoms with E-state index >= 15 is 0 Å². The van der Waals surface area contributed by atoms with Gasteiger partial charge in [0.25, 0.3) is 5.91 Å². The molecule has 0 fully saturated rings. The highest BCUT2D eigenvalue weighted by atomic mass is 35.5. The van der Waals surface area contributed by atoms with Crippen LogP contribution in [0.4, 0.5) is 17.6 Å². The van der Waals surface area contributed by atoms with Crippen molar-refractivity contribution in [1.29, 1.82) is 0 Å². The van der Waals surface area contributed by atoms with Gasteiger partial charge >= 0.3 is 0 Å². The van der Waals surface area contributed by atoms with Gasteiger partial charge in [-0.2, -0.15) is 0 Å². The molecule has 2 amide bonds. The Morgan fingerprint density at radius 3 is 2.71 bits per heavy atom. The molecular formula is C29H30ClN9O3. The van der Waals surface area contributed by atoms with Crippen molar-refractivity contribution in [1.82, 2.24) is 35.1 Å². The number of nitrogens with zero attached hydrogens (tertiary/aromatic N) is 6. The second-order valence-electron chi connectivity index (χ2n) is 9.71. The monoisotopic (exact) mass is 587 g/mol. The first kappa shape index (κ1) is 28.8. The first-order chi connectivity index (χ1) is 20.3. The van der Waals surface area contributed by atoms with Crippen LogP contribution in [0.15, 0.2) is 54.9 Å². The molecule has 2 atom stereocenters. The Balaban J connectivity index is 1.32. The largest absolute Gasteiger partial charge is 0.394 e. The van der Waals surface area contributed by atoms with Gasteiger partial charge in [0, 0.05) is 30.4 Å². The average Bonchev–Trinajstić information content (AvgIpc) is 3.32. The first-order valence-electron chi connectivity index (χ1n) is 13.4. The van der Waals surface area contributed by atoms with Gasteiger partial charge in [-0.25, -0.2) is 24.9 Å². The molecule has 0 saturated carbocycles. The van der Waals surface area contributed by atoms with Crippen molar-refractivity contribution in [3.05, 3.63) is 82.5 Å². The van der Waals surface area contributed by atoms with E-state index in [1.165, 1.54) is 11.1 Å². The molecule has 1 aliphatic heterocycles. The first-order valence-corrected chi connectivity index (χ1v) is 13.8. The maximum Gasteiger partial charge on any atom is 0.255 e. The van der Waals surface area contributed by atoms with E-state index in [2.05, 4.69) is 40.9 Å². The second kappa shape index (κ2) is 12.5. The van der Waals surface area contributed by atoms with Crippen LogP contribution in [-0.4, -0.2) is 65.9 Å². The molecule has 12 nitrogen and oxygen atoms in total. The minimum absolute atomic E-state index is 0.262. The molecule has 0 saturated heterocycles. The predicted molar refractivity (Wildman–Crippen MR) is 158 cm³/mol. The van der Waals surface area contributed by atoms with Gasteiger partial charge in [0.1, 0.15) is 23.5 Å². The summed E-state index contributed by atoms with van der Waals surface area (Å²) in [5, 5.41) is 19.3. The summed E-state index contributed by atoms with van der Waals surface area (Å²) >= 11 is 6.45. The summed E-state index contributed by atoms with van der Waals surface area (Å²) in [5.41, 5.74) is 2.83. The molecule has 2 unspecified atom stereocenters. The van der Waals surface area contributed by atoms with E-state index in [0.29, 0.717) is 51.5 Å². The Bertz CT molecular complexity index is 1630. The molecule has 0 bridgehead atoms. The van der Waals surface area contributed by atoms with E-state index in [-0.39, 0.29) is 25.0 Å². The highest BCUT2D eigenvalue weighted by molar-refractivity contribution is 6.33. The normalized spacial score (nSPS) is 13.8. The lowest BCUT2D eigenvalue weighted by atomic mass is 10.0. The van der Waals surface area contributed by atoms with Gasteiger partial charge in [0.05, 0.1) is 35.3 Å². The number of nitrogens with one attached hydrogen (secondary N) is 3. The molecule has 216 valence electrons. The molecule has 42 heavy (non-hydrogen) atoms. The molecule has 1 aliphatic rings. The van der Waals surface area contributed by atoms with E-state index in [0.717, 1.165) is 5.56 Å². The zero-order valence-electron chi connectivity index (χ0n) is 23.3. The van der Waals surface area contributed by atoms with Gasteiger partial charge in [-0.3, -0.25) is 9.59 Å². The number of amides is 2. The lowest BCUT2D eigenvalue weighted by molar-refractivity contribution is -0.126. The topological polar surface area (TPSA) is 158 Å². The number of aliphatic hydroxyl groups is 1. The summed E-state index contributed by atoms with van der Waals surface area (Å²) < 4.78 is 0. The molecule has 5 rings (SSSR count). The summed E-state index contributed by atoms with van der Waals surface area (Å²) in [6, 6.07) is 10.9. The van der Waals surface area contributed by atoms with Crippen LogP contribution >= 0.6 is 11.6 Å². The van der Waals surface area contributed by atoms with E-state index < -0.39 is 18.0 Å². The molecule has 4 aromatic rings. The lowest BCUT2D eigenvalue weighted by Crippen LogP contribution is -2.46. The van der Waals surface area contributed by atoms with Crippen LogP contribution in [0, 0.1) is 6.92 Å². The Kier molecular flexibility index (Phi) is 8.55. The minimum atomic E-state index is -0.797. The molecule has 1 aromatic carbocycles. The number of aromatic nitrogens is 5. The second-order valence-corrected chi connectivity index (χ2v) is 10.1. The Morgan fingerprint density at radius 1 is 1.12 bits per heavy atom. The number of hydrogen-bond donors (Lipinski definition) is 4. The van der Waals surface area contributed by atoms with Crippen LogP contribution in [0.3, 0.4) is 0 Å². The third-order valence-corrected chi connectivity index (χ3v) is 7.08. The average molecular weight is 588 g/mol. The quantitative estimate of drug-likeness (QED) is 0.216. The number of benzene rings is 1. The highest BCUT2D eigenvalue weighted by Gasteiger charge is 2.35. The van der Waals surface area contributed by atoms with Gasteiger partial charge in [0.2, 0.25) is 11.9 Å². The van der Waals surface area contributed by atoms with Crippen molar-refractivity contribution in [2.24, 2.45) is 0 Å². The van der Waals surface area contributed by atoms with Crippen molar-refractivity contribution < 1.29 is 14.7 Å². The summed E-state index contributed by atoms with van der Waals surface area (Å²) in [4.78, 5) is 49.8. The molecule has 4 heterocycles. The van der Waals surface area contributed by atoms with Crippen molar-refractivity contribution in [2.45, 2.75) is 39.4 Å². The van der Waals surface area contributed by atoms with Crippen LogP contribution in [0.25, 0.3) is 11.3 Å². The fourth-order valence-electron chi connectivity index (χ4n) is 4.63. The van der Waals surface area contributed by atoms with Crippen LogP contribution in [0.2, 0.25) is 5.02 Å². The van der Waals surface area contributed by atoms with Crippen molar-refractivity contribution in [2.75, 3.05) is 23.8 Å². The number of hydrogen-bond acceptors (Lipinski definition) is 10. The SMILES string of the molecule is CCNc1cccc(C(CO)NC(=O)C(C)N2Cc3ccc(-c4nc(Nc5ccnc(C)n5)ncc4Cl)cc3C2=O)n1. The summed E-state index contributed by atoms with van der Waals surface area (Å²) in [7, 11) is 0. The fourth-order valence-corrected chi connectivity index (χ4v) is 4.83. The van der Waals surface area contributed by atoms with Crippen LogP contribution in [0.5, 0.6) is 0 Å². The van der Waals surface area contributed by atoms with E-state index in [4.69, 9.17) is 11.6 Å². The number of fused-ring (bicyclic) bond motifs is 1. The molecular weight excluding hydrogens is 558 g/mol. The number of carbonyl (C=O) groups is 2. The van der Waals surface area contributed by atoms with Gasteiger partial charge in [-0.15, -0.1) is 0 Å². The minimum Gasteiger partial charge on any atom is -0.394 e. The summed E-state index contributed by atoms with van der Waals surface area (Å²) in [6.07, 6.45) is 3.11. The smallest absolute Gasteiger partial charge is 0.255 e. The van der Waals surface area contributed by atoms with E-state index in [9.17, 15) is 14.7 Å². The number of carbonyl (C=O) groups excluding carboxylic acids is 2. The fraction of sp³-hybridized carbons (Fsp3) is 0.276. The van der Waals surface area contributed by atoms with Gasteiger partial charge < -0.3 is 26.0 Å². The lowest BCUT2D eigenvalue weighted by Gasteiger charge is -2.26. The van der Waals surface area contributed by atoms with E-state index in [1.54, 1.807) is 44.3 Å². The van der Waals surface area contributed by atoms with Crippen molar-refractivity contribution in [3.63, 3.8) is 0 Å². The maximum absolute atomic E-state index is 13.5. The van der Waals surface area contributed by atoms with Crippen molar-refractivity contribution in [3.8, 4) is 11.3 Å². The Hall–Kier alpha value is -4.68. The zero-order chi connectivity index (χ0) is 29.8. The van der Waals surface area contributed by atoms with E-state index in [1.807, 2.05) is 25.1 Å². The number of halogens is 1. The number of rotatable bonds is 10. The number of aryl methyl sites for hydroxylation is 1. The summed E-state index contributed by atoms with van der Waals surface area (Å²) in [5.74, 6) is 1.37. The Labute approximate surface area is 247 Å². The molecule has 0 spiro atoms. The van der Waals surface area contributed by atoms with Crippen LogP contribution in [0.1, 0.15) is 47.3 Å². The Morgan fingerprint density at radius 2 is 1.95 bits per heavy atom. The molecule has 3 aromatic heterocycles. The standard InChI is InChI=1S/C29H30ClN9O3/c1-4-31-24-7-5-6-22(35-24)23(15-40)36-27(41)16(2)39-14-19-9-8-18(12-20(19)28(39)42)26-21(30)13-33-29(38-26)37-25-10-11-32-17(3)34-25/h5-13,16,23,40H,4,14-15H2,1-3H3,(H,31,35)(H,36,41)(H,32,33,34,37,38). The third-order valence-electron chi connectivity index (χ3n) is 6.81. The van der Waals surface area contributed by atoms with Gasteiger partial charge in [0.15, 0.2) is 0 Å². The summed E-state index contributed by atoms with van der Waals surface area (Å²) in [6.45, 7) is 6.00. The van der Waals surface area contributed by atoms with Crippen molar-refractivity contribution >= 4 is 41.0 Å². The molecule has 13 heteroatoms. The van der Waals surface area contributed by atoms with Gasteiger partial charge in [-0.05, 0) is 50.6 Å². The molecule has 0 radical (unpaired) electrons.